The van der Waals surface area contributed by atoms with Crippen molar-refractivity contribution in [2.45, 2.75) is 38.4 Å². The van der Waals surface area contributed by atoms with E-state index in [2.05, 4.69) is 4.90 Å². The number of carbonyl (C=O) groups excluding carboxylic acids is 1. The number of piperidine rings is 1. The molecule has 0 spiro atoms. The number of carbonyl (C=O) groups is 1. The van der Waals surface area contributed by atoms with Crippen molar-refractivity contribution in [3.63, 3.8) is 0 Å². The van der Waals surface area contributed by atoms with Gasteiger partial charge in [-0.25, -0.2) is 0 Å². The van der Waals surface area contributed by atoms with Gasteiger partial charge in [-0.2, -0.15) is 13.2 Å². The van der Waals surface area contributed by atoms with Crippen LogP contribution in [0.25, 0.3) is 0 Å². The first-order chi connectivity index (χ1) is 13.4. The fourth-order valence-electron chi connectivity index (χ4n) is 4.07. The van der Waals surface area contributed by atoms with Crippen LogP contribution in [0.15, 0.2) is 42.5 Å². The second-order valence-corrected chi connectivity index (χ2v) is 7.58. The zero-order valence-corrected chi connectivity index (χ0v) is 15.6. The number of amides is 1. The standard InChI is InChI=1S/C22H23F3N2O/c23-22(24,25)19-8-9-20-18(14-19)10-13-27(20)21(28)17-6-4-16(5-7-17)15-26-11-2-1-3-12-26/h4-9,14H,1-3,10-13,15H2. The molecule has 2 aliphatic rings. The summed E-state index contributed by atoms with van der Waals surface area (Å²) in [5, 5.41) is 0. The van der Waals surface area contributed by atoms with Gasteiger partial charge in [-0.05, 0) is 73.8 Å². The first-order valence-corrected chi connectivity index (χ1v) is 9.75. The number of anilines is 1. The molecule has 0 bridgehead atoms. The maximum absolute atomic E-state index is 12.9. The van der Waals surface area contributed by atoms with Crippen molar-refractivity contribution in [1.82, 2.24) is 4.90 Å². The second kappa shape index (κ2) is 7.59. The van der Waals surface area contributed by atoms with Crippen molar-refractivity contribution in [3.05, 3.63) is 64.7 Å². The maximum atomic E-state index is 12.9. The highest BCUT2D eigenvalue weighted by atomic mass is 19.4. The number of likely N-dealkylation sites (tertiary alicyclic amines) is 1. The van der Waals surface area contributed by atoms with Gasteiger partial charge in [0.2, 0.25) is 0 Å². The maximum Gasteiger partial charge on any atom is 0.416 e. The molecule has 6 heteroatoms. The lowest BCUT2D eigenvalue weighted by atomic mass is 10.1. The lowest BCUT2D eigenvalue weighted by molar-refractivity contribution is -0.137. The highest BCUT2D eigenvalue weighted by Crippen LogP contribution is 2.36. The van der Waals surface area contributed by atoms with Gasteiger partial charge in [-0.3, -0.25) is 9.69 Å². The van der Waals surface area contributed by atoms with Crippen LogP contribution < -0.4 is 4.90 Å². The summed E-state index contributed by atoms with van der Waals surface area (Å²) < 4.78 is 38.7. The molecule has 1 amide bonds. The molecular formula is C22H23F3N2O. The van der Waals surface area contributed by atoms with Crippen molar-refractivity contribution in [2.75, 3.05) is 24.5 Å². The number of benzene rings is 2. The molecular weight excluding hydrogens is 365 g/mol. The number of hydrogen-bond acceptors (Lipinski definition) is 2. The Kier molecular flexibility index (Phi) is 5.15. The summed E-state index contributed by atoms with van der Waals surface area (Å²) >= 11 is 0. The van der Waals surface area contributed by atoms with Crippen LogP contribution in [0.2, 0.25) is 0 Å². The van der Waals surface area contributed by atoms with Gasteiger partial charge in [0.25, 0.3) is 5.91 Å². The number of rotatable bonds is 3. The van der Waals surface area contributed by atoms with Crippen LogP contribution >= 0.6 is 0 Å². The molecule has 28 heavy (non-hydrogen) atoms. The van der Waals surface area contributed by atoms with Crippen molar-refractivity contribution in [3.8, 4) is 0 Å². The Morgan fingerprint density at radius 2 is 1.64 bits per heavy atom. The van der Waals surface area contributed by atoms with Crippen LogP contribution in [0.4, 0.5) is 18.9 Å². The van der Waals surface area contributed by atoms with E-state index in [4.69, 9.17) is 0 Å². The van der Waals surface area contributed by atoms with Gasteiger partial charge in [0.15, 0.2) is 0 Å². The van der Waals surface area contributed by atoms with Gasteiger partial charge in [0.05, 0.1) is 5.56 Å². The molecule has 0 saturated carbocycles. The SMILES string of the molecule is O=C(c1ccc(CN2CCCCC2)cc1)N1CCc2cc(C(F)(F)F)ccc21. The normalized spacial score (nSPS) is 17.6. The lowest BCUT2D eigenvalue weighted by Crippen LogP contribution is -2.29. The first kappa shape index (κ1) is 19.0. The van der Waals surface area contributed by atoms with Crippen molar-refractivity contribution in [1.29, 1.82) is 0 Å². The molecule has 0 aromatic heterocycles. The Labute approximate surface area is 162 Å². The number of alkyl halides is 3. The van der Waals surface area contributed by atoms with Gasteiger partial charge in [-0.15, -0.1) is 0 Å². The number of fused-ring (bicyclic) bond motifs is 1. The molecule has 2 aromatic carbocycles. The molecule has 2 heterocycles. The molecule has 2 aliphatic heterocycles. The summed E-state index contributed by atoms with van der Waals surface area (Å²) in [6.07, 6.45) is -0.150. The summed E-state index contributed by atoms with van der Waals surface area (Å²) in [7, 11) is 0. The van der Waals surface area contributed by atoms with E-state index in [9.17, 15) is 18.0 Å². The molecule has 2 aromatic rings. The smallest absolute Gasteiger partial charge is 0.308 e. The van der Waals surface area contributed by atoms with Crippen molar-refractivity contribution >= 4 is 11.6 Å². The highest BCUT2D eigenvalue weighted by Gasteiger charge is 2.33. The van der Waals surface area contributed by atoms with E-state index in [0.717, 1.165) is 31.8 Å². The second-order valence-electron chi connectivity index (χ2n) is 7.58. The van der Waals surface area contributed by atoms with Crippen LogP contribution in [0, 0.1) is 0 Å². The molecule has 0 unspecified atom stereocenters. The van der Waals surface area contributed by atoms with E-state index in [1.54, 1.807) is 4.90 Å². The van der Waals surface area contributed by atoms with Crippen LogP contribution in [0.1, 0.15) is 46.3 Å². The first-order valence-electron chi connectivity index (χ1n) is 9.75. The molecule has 1 fully saturated rings. The third-order valence-corrected chi connectivity index (χ3v) is 5.60. The fourth-order valence-corrected chi connectivity index (χ4v) is 4.07. The summed E-state index contributed by atoms with van der Waals surface area (Å²) in [6.45, 7) is 3.53. The van der Waals surface area contributed by atoms with Gasteiger partial charge in [0.1, 0.15) is 0 Å². The largest absolute Gasteiger partial charge is 0.416 e. The highest BCUT2D eigenvalue weighted by molar-refractivity contribution is 6.07. The Hall–Kier alpha value is -2.34. The summed E-state index contributed by atoms with van der Waals surface area (Å²) in [5.74, 6) is -0.164. The average molecular weight is 388 g/mol. The van der Waals surface area contributed by atoms with E-state index < -0.39 is 11.7 Å². The Bertz CT molecular complexity index is 855. The van der Waals surface area contributed by atoms with Crippen molar-refractivity contribution in [2.24, 2.45) is 0 Å². The molecule has 0 aliphatic carbocycles. The van der Waals surface area contributed by atoms with E-state index in [-0.39, 0.29) is 5.91 Å². The summed E-state index contributed by atoms with van der Waals surface area (Å²) in [4.78, 5) is 16.9. The van der Waals surface area contributed by atoms with E-state index in [1.807, 2.05) is 24.3 Å². The topological polar surface area (TPSA) is 23.6 Å². The Morgan fingerprint density at radius 3 is 2.32 bits per heavy atom. The van der Waals surface area contributed by atoms with Crippen LogP contribution in [-0.4, -0.2) is 30.4 Å². The quantitative estimate of drug-likeness (QED) is 0.747. The summed E-state index contributed by atoms with van der Waals surface area (Å²) in [6, 6.07) is 11.2. The third kappa shape index (κ3) is 3.92. The molecule has 0 N–H and O–H groups in total. The Morgan fingerprint density at radius 1 is 0.929 bits per heavy atom. The fraction of sp³-hybridized carbons (Fsp3) is 0.409. The molecule has 0 atom stereocenters. The summed E-state index contributed by atoms with van der Waals surface area (Å²) in [5.41, 5.74) is 2.23. The minimum atomic E-state index is -4.36. The lowest BCUT2D eigenvalue weighted by Gasteiger charge is -2.26. The molecule has 4 rings (SSSR count). The van der Waals surface area contributed by atoms with E-state index in [1.165, 1.54) is 30.9 Å². The predicted octanol–water partition coefficient (Wildman–Crippen LogP) is 4.89. The van der Waals surface area contributed by atoms with Crippen LogP contribution in [0.5, 0.6) is 0 Å². The van der Waals surface area contributed by atoms with E-state index >= 15 is 0 Å². The van der Waals surface area contributed by atoms with Crippen molar-refractivity contribution < 1.29 is 18.0 Å². The van der Waals surface area contributed by atoms with Gasteiger partial charge < -0.3 is 4.90 Å². The monoisotopic (exact) mass is 388 g/mol. The zero-order valence-electron chi connectivity index (χ0n) is 15.6. The van der Waals surface area contributed by atoms with Gasteiger partial charge in [0, 0.05) is 24.3 Å². The average Bonchev–Trinajstić information content (AvgIpc) is 3.11. The molecule has 0 radical (unpaired) electrons. The Balaban J connectivity index is 1.47. The third-order valence-electron chi connectivity index (χ3n) is 5.60. The number of hydrogen-bond donors (Lipinski definition) is 0. The van der Waals surface area contributed by atoms with Crippen LogP contribution in [-0.2, 0) is 19.1 Å². The molecule has 1 saturated heterocycles. The predicted molar refractivity (Wildman–Crippen MR) is 102 cm³/mol. The van der Waals surface area contributed by atoms with Crippen LogP contribution in [0.3, 0.4) is 0 Å². The zero-order chi connectivity index (χ0) is 19.7. The number of nitrogens with zero attached hydrogens (tertiary/aromatic N) is 2. The van der Waals surface area contributed by atoms with Gasteiger partial charge in [-0.1, -0.05) is 18.6 Å². The molecule has 3 nitrogen and oxygen atoms in total. The molecule has 148 valence electrons. The van der Waals surface area contributed by atoms with E-state index in [0.29, 0.717) is 29.8 Å². The minimum Gasteiger partial charge on any atom is -0.308 e. The minimum absolute atomic E-state index is 0.164. The number of halogens is 3. The van der Waals surface area contributed by atoms with Gasteiger partial charge >= 0.3 is 6.18 Å².